The van der Waals surface area contributed by atoms with Crippen molar-refractivity contribution in [1.82, 2.24) is 0 Å². The molecule has 0 spiro atoms. The summed E-state index contributed by atoms with van der Waals surface area (Å²) in [6, 6.07) is 12.8. The molecule has 0 amide bonds. The first kappa shape index (κ1) is 15.2. The average molecular weight is 288 g/mol. The molecule has 1 N–H and O–H groups in total. The fraction of sp³-hybridized carbons (Fsp3) is 0.294. The van der Waals surface area contributed by atoms with Gasteiger partial charge in [-0.1, -0.05) is 25.1 Å². The van der Waals surface area contributed by atoms with Gasteiger partial charge in [-0.05, 0) is 36.2 Å². The molecule has 4 nitrogen and oxygen atoms in total. The number of benzene rings is 2. The van der Waals surface area contributed by atoms with Crippen LogP contribution in [0.15, 0.2) is 42.5 Å². The fourth-order valence-electron chi connectivity index (χ4n) is 2.03. The second kappa shape index (κ2) is 6.99. The number of aliphatic hydroxyl groups excluding tert-OH is 1. The molecule has 0 bridgehead atoms. The molecule has 0 heterocycles. The van der Waals surface area contributed by atoms with Crippen molar-refractivity contribution in [3.63, 3.8) is 0 Å². The van der Waals surface area contributed by atoms with E-state index in [1.54, 1.807) is 14.2 Å². The van der Waals surface area contributed by atoms with Crippen LogP contribution >= 0.6 is 0 Å². The molecule has 0 aliphatic rings. The van der Waals surface area contributed by atoms with Gasteiger partial charge in [-0.25, -0.2) is 0 Å². The van der Waals surface area contributed by atoms with Gasteiger partial charge in [-0.15, -0.1) is 0 Å². The number of methoxy groups -OCH3 is 2. The molecular weight excluding hydrogens is 268 g/mol. The van der Waals surface area contributed by atoms with Crippen LogP contribution in [-0.4, -0.2) is 19.3 Å². The highest BCUT2D eigenvalue weighted by atomic mass is 16.5. The van der Waals surface area contributed by atoms with Crippen LogP contribution in [0.2, 0.25) is 0 Å². The molecule has 0 saturated heterocycles. The summed E-state index contributed by atoms with van der Waals surface area (Å²) in [5.74, 6) is 2.40. The number of hydrogen-bond donors (Lipinski definition) is 1. The van der Waals surface area contributed by atoms with Crippen molar-refractivity contribution in [2.75, 3.05) is 14.2 Å². The van der Waals surface area contributed by atoms with E-state index >= 15 is 0 Å². The van der Waals surface area contributed by atoms with Crippen molar-refractivity contribution in [1.29, 1.82) is 0 Å². The summed E-state index contributed by atoms with van der Waals surface area (Å²) in [4.78, 5) is 0. The number of para-hydroxylation sites is 1. The Balaban J connectivity index is 2.26. The molecule has 112 valence electrons. The normalized spacial score (nSPS) is 11.8. The van der Waals surface area contributed by atoms with Crippen molar-refractivity contribution in [2.45, 2.75) is 19.4 Å². The molecule has 4 heteroatoms. The van der Waals surface area contributed by atoms with Gasteiger partial charge in [0.15, 0.2) is 11.5 Å². The summed E-state index contributed by atoms with van der Waals surface area (Å²) in [7, 11) is 3.17. The molecule has 0 radical (unpaired) electrons. The van der Waals surface area contributed by atoms with Gasteiger partial charge in [-0.2, -0.15) is 0 Å². The molecule has 0 unspecified atom stereocenters. The van der Waals surface area contributed by atoms with Crippen molar-refractivity contribution in [3.8, 4) is 23.0 Å². The van der Waals surface area contributed by atoms with Crippen molar-refractivity contribution < 1.29 is 19.3 Å². The molecule has 0 aliphatic heterocycles. The van der Waals surface area contributed by atoms with Gasteiger partial charge in [-0.3, -0.25) is 0 Å². The van der Waals surface area contributed by atoms with E-state index in [1.807, 2.05) is 49.4 Å². The Bertz CT molecular complexity index is 556. The monoisotopic (exact) mass is 288 g/mol. The van der Waals surface area contributed by atoms with Gasteiger partial charge >= 0.3 is 0 Å². The number of ether oxygens (including phenoxy) is 3. The molecule has 2 aromatic carbocycles. The van der Waals surface area contributed by atoms with E-state index in [0.717, 1.165) is 5.56 Å². The quantitative estimate of drug-likeness (QED) is 0.874. The van der Waals surface area contributed by atoms with Crippen LogP contribution in [0.1, 0.15) is 25.0 Å². The number of rotatable bonds is 6. The van der Waals surface area contributed by atoms with E-state index in [4.69, 9.17) is 14.2 Å². The Labute approximate surface area is 124 Å². The number of hydrogen-bond acceptors (Lipinski definition) is 4. The lowest BCUT2D eigenvalue weighted by atomic mass is 10.1. The highest BCUT2D eigenvalue weighted by molar-refractivity contribution is 5.53. The Morgan fingerprint density at radius 3 is 2.00 bits per heavy atom. The first-order valence-corrected chi connectivity index (χ1v) is 6.86. The number of aliphatic hydroxyl groups is 1. The third-order valence-corrected chi connectivity index (χ3v) is 3.25. The van der Waals surface area contributed by atoms with E-state index in [0.29, 0.717) is 29.4 Å². The SMILES string of the molecule is CC[C@H](O)c1ccc(Oc2c(OC)cccc2OC)cc1. The van der Waals surface area contributed by atoms with Gasteiger partial charge in [0.1, 0.15) is 5.75 Å². The lowest BCUT2D eigenvalue weighted by molar-refractivity contribution is 0.173. The van der Waals surface area contributed by atoms with Gasteiger partial charge in [0.05, 0.1) is 20.3 Å². The molecule has 0 fully saturated rings. The van der Waals surface area contributed by atoms with Crippen LogP contribution in [0.3, 0.4) is 0 Å². The minimum absolute atomic E-state index is 0.445. The van der Waals surface area contributed by atoms with Crippen LogP contribution in [0.25, 0.3) is 0 Å². The van der Waals surface area contributed by atoms with Crippen LogP contribution in [-0.2, 0) is 0 Å². The third kappa shape index (κ3) is 3.47. The lowest BCUT2D eigenvalue weighted by Gasteiger charge is -2.14. The predicted molar refractivity (Wildman–Crippen MR) is 81.3 cm³/mol. The van der Waals surface area contributed by atoms with Crippen molar-refractivity contribution >= 4 is 0 Å². The Hall–Kier alpha value is -2.20. The molecular formula is C17H20O4. The summed E-state index contributed by atoms with van der Waals surface area (Å²) in [5, 5.41) is 9.79. The largest absolute Gasteiger partial charge is 0.493 e. The third-order valence-electron chi connectivity index (χ3n) is 3.25. The van der Waals surface area contributed by atoms with E-state index in [-0.39, 0.29) is 0 Å². The van der Waals surface area contributed by atoms with E-state index in [1.165, 1.54) is 0 Å². The van der Waals surface area contributed by atoms with E-state index < -0.39 is 6.10 Å². The molecule has 2 rings (SSSR count). The van der Waals surface area contributed by atoms with Gasteiger partial charge in [0.2, 0.25) is 5.75 Å². The van der Waals surface area contributed by atoms with Crippen LogP contribution in [0.5, 0.6) is 23.0 Å². The zero-order chi connectivity index (χ0) is 15.2. The highest BCUT2D eigenvalue weighted by Crippen LogP contribution is 2.40. The second-order valence-corrected chi connectivity index (χ2v) is 4.59. The topological polar surface area (TPSA) is 47.9 Å². The standard InChI is InChI=1S/C17H20O4/c1-4-14(18)12-8-10-13(11-9-12)21-17-15(19-2)6-5-7-16(17)20-3/h5-11,14,18H,4H2,1-3H3/t14-/m0/s1. The lowest BCUT2D eigenvalue weighted by Crippen LogP contribution is -1.96. The summed E-state index contributed by atoms with van der Waals surface area (Å²) >= 11 is 0. The van der Waals surface area contributed by atoms with Crippen LogP contribution < -0.4 is 14.2 Å². The minimum atomic E-state index is -0.445. The zero-order valence-electron chi connectivity index (χ0n) is 12.5. The van der Waals surface area contributed by atoms with Crippen molar-refractivity contribution in [3.05, 3.63) is 48.0 Å². The first-order chi connectivity index (χ1) is 10.2. The van der Waals surface area contributed by atoms with Gasteiger partial charge < -0.3 is 19.3 Å². The second-order valence-electron chi connectivity index (χ2n) is 4.59. The average Bonchev–Trinajstić information content (AvgIpc) is 2.55. The predicted octanol–water partition coefficient (Wildman–Crippen LogP) is 3.94. The maximum absolute atomic E-state index is 9.79. The van der Waals surface area contributed by atoms with Crippen LogP contribution in [0.4, 0.5) is 0 Å². The van der Waals surface area contributed by atoms with E-state index in [2.05, 4.69) is 0 Å². The Kier molecular flexibility index (Phi) is 5.06. The molecule has 1 atom stereocenters. The summed E-state index contributed by atoms with van der Waals surface area (Å²) in [6.07, 6.45) is 0.237. The van der Waals surface area contributed by atoms with Gasteiger partial charge in [0.25, 0.3) is 0 Å². The molecule has 0 aliphatic carbocycles. The van der Waals surface area contributed by atoms with Crippen LogP contribution in [0, 0.1) is 0 Å². The maximum Gasteiger partial charge on any atom is 0.210 e. The summed E-state index contributed by atoms with van der Waals surface area (Å²) in [6.45, 7) is 1.94. The zero-order valence-corrected chi connectivity index (χ0v) is 12.5. The molecule has 21 heavy (non-hydrogen) atoms. The Morgan fingerprint density at radius 2 is 1.52 bits per heavy atom. The minimum Gasteiger partial charge on any atom is -0.493 e. The van der Waals surface area contributed by atoms with Gasteiger partial charge in [0, 0.05) is 0 Å². The van der Waals surface area contributed by atoms with Crippen molar-refractivity contribution in [2.24, 2.45) is 0 Å². The Morgan fingerprint density at radius 1 is 0.952 bits per heavy atom. The molecule has 0 saturated carbocycles. The molecule has 0 aromatic heterocycles. The summed E-state index contributed by atoms with van der Waals surface area (Å²) < 4.78 is 16.4. The maximum atomic E-state index is 9.79. The van der Waals surface area contributed by atoms with E-state index in [9.17, 15) is 5.11 Å². The highest BCUT2D eigenvalue weighted by Gasteiger charge is 2.12. The summed E-state index contributed by atoms with van der Waals surface area (Å²) in [5.41, 5.74) is 0.872. The smallest absolute Gasteiger partial charge is 0.210 e. The fourth-order valence-corrected chi connectivity index (χ4v) is 2.03. The first-order valence-electron chi connectivity index (χ1n) is 6.86. The molecule has 2 aromatic rings.